The minimum atomic E-state index is -3.84. The Morgan fingerprint density at radius 1 is 1.36 bits per heavy atom. The highest BCUT2D eigenvalue weighted by Crippen LogP contribution is 2.40. The molecule has 2 saturated heterocycles. The maximum atomic E-state index is 14.5. The van der Waals surface area contributed by atoms with E-state index in [9.17, 15) is 22.9 Å². The number of sulfone groups is 1. The number of benzene rings is 1. The average Bonchev–Trinajstić information content (AvgIpc) is 2.60. The monoisotopic (exact) mass is 413 g/mol. The lowest BCUT2D eigenvalue weighted by atomic mass is 9.86. The number of halogens is 1. The first-order valence-corrected chi connectivity index (χ1v) is 10.8. The van der Waals surface area contributed by atoms with Gasteiger partial charge in [-0.05, 0) is 45.1 Å². The van der Waals surface area contributed by atoms with Crippen molar-refractivity contribution in [2.75, 3.05) is 19.0 Å². The predicted octanol–water partition coefficient (Wildman–Crippen LogP) is 2.52. The Balaban J connectivity index is 1.96. The van der Waals surface area contributed by atoms with Crippen LogP contribution in [-0.4, -0.2) is 42.9 Å². The number of hydrogen-bond acceptors (Lipinski definition) is 6. The standard InChI is InChI=1S/C18H24FN3O5S/c1-17(14-9-13(22(23)24)3-4-15(14)19)11-28(25,26)18(2,16(20)21-17)10-12-5-7-27-8-6-12/h3-4,9,12H,5-8,10-11H2,1-2H3,(H2,20,21)/t17-,18-/m0/s1. The van der Waals surface area contributed by atoms with Gasteiger partial charge < -0.3 is 10.1 Å². The highest BCUT2D eigenvalue weighted by atomic mass is 32.2. The smallest absolute Gasteiger partial charge is 0.269 e. The van der Waals surface area contributed by atoms with Crippen molar-refractivity contribution in [1.82, 2.24) is 5.32 Å². The number of nitrogens with one attached hydrogen (secondary N) is 2. The summed E-state index contributed by atoms with van der Waals surface area (Å²) in [6.45, 7) is 4.11. The van der Waals surface area contributed by atoms with Crippen LogP contribution in [0.15, 0.2) is 18.2 Å². The zero-order valence-electron chi connectivity index (χ0n) is 15.8. The fourth-order valence-corrected chi connectivity index (χ4v) is 6.22. The van der Waals surface area contributed by atoms with Gasteiger partial charge in [0.2, 0.25) is 0 Å². The van der Waals surface area contributed by atoms with Gasteiger partial charge in [0.15, 0.2) is 9.84 Å². The lowest BCUT2D eigenvalue weighted by Crippen LogP contribution is -2.65. The Morgan fingerprint density at radius 2 is 2.00 bits per heavy atom. The van der Waals surface area contributed by atoms with Crippen LogP contribution in [0.4, 0.5) is 10.1 Å². The molecule has 2 fully saturated rings. The fourth-order valence-electron chi connectivity index (χ4n) is 4.06. The number of nitrogens with zero attached hydrogens (tertiary/aromatic N) is 1. The van der Waals surface area contributed by atoms with Gasteiger partial charge in [0.1, 0.15) is 16.4 Å². The second kappa shape index (κ2) is 7.07. The number of nitro benzene ring substituents is 1. The van der Waals surface area contributed by atoms with E-state index in [1.165, 1.54) is 13.8 Å². The van der Waals surface area contributed by atoms with E-state index in [0.29, 0.717) is 13.2 Å². The summed E-state index contributed by atoms with van der Waals surface area (Å²) in [7, 11) is -3.84. The summed E-state index contributed by atoms with van der Waals surface area (Å²) in [5.41, 5.74) is -1.94. The van der Waals surface area contributed by atoms with E-state index in [2.05, 4.69) is 5.32 Å². The van der Waals surface area contributed by atoms with Gasteiger partial charge in [0, 0.05) is 30.9 Å². The van der Waals surface area contributed by atoms with Crippen molar-refractivity contribution in [2.24, 2.45) is 5.92 Å². The van der Waals surface area contributed by atoms with Crippen LogP contribution in [0.5, 0.6) is 0 Å². The number of nitro groups is 1. The quantitative estimate of drug-likeness (QED) is 0.578. The minimum Gasteiger partial charge on any atom is -0.381 e. The highest BCUT2D eigenvalue weighted by molar-refractivity contribution is 7.93. The van der Waals surface area contributed by atoms with Crippen LogP contribution in [0, 0.1) is 27.3 Å². The Labute approximate surface area is 163 Å². The Morgan fingerprint density at radius 3 is 2.57 bits per heavy atom. The Kier molecular flexibility index (Phi) is 5.22. The van der Waals surface area contributed by atoms with Gasteiger partial charge in [-0.3, -0.25) is 15.5 Å². The lowest BCUT2D eigenvalue weighted by molar-refractivity contribution is -0.385. The first-order chi connectivity index (χ1) is 13.0. The van der Waals surface area contributed by atoms with Crippen LogP contribution in [0.2, 0.25) is 0 Å². The van der Waals surface area contributed by atoms with Crippen LogP contribution in [0.25, 0.3) is 0 Å². The molecule has 0 aromatic heterocycles. The summed E-state index contributed by atoms with van der Waals surface area (Å²) >= 11 is 0. The average molecular weight is 413 g/mol. The summed E-state index contributed by atoms with van der Waals surface area (Å²) in [6.07, 6.45) is 1.75. The SMILES string of the molecule is C[C@]1(CC2CCOCC2)C(=N)N[C@](C)(c2cc([N+](=O)[O-])ccc2F)CS1(=O)=O. The van der Waals surface area contributed by atoms with E-state index in [4.69, 9.17) is 10.1 Å². The molecule has 1 aromatic carbocycles. The Bertz CT molecular complexity index is 916. The number of ether oxygens (including phenoxy) is 1. The molecule has 154 valence electrons. The molecule has 0 spiro atoms. The molecule has 8 nitrogen and oxygen atoms in total. The van der Waals surface area contributed by atoms with Crippen LogP contribution in [0.1, 0.15) is 38.7 Å². The van der Waals surface area contributed by atoms with Crippen LogP contribution in [0.3, 0.4) is 0 Å². The molecule has 3 rings (SSSR count). The first-order valence-electron chi connectivity index (χ1n) is 9.10. The topological polar surface area (TPSA) is 122 Å². The molecule has 1 aromatic rings. The van der Waals surface area contributed by atoms with Gasteiger partial charge in [0.05, 0.1) is 16.2 Å². The van der Waals surface area contributed by atoms with Gasteiger partial charge in [-0.15, -0.1) is 0 Å². The van der Waals surface area contributed by atoms with Gasteiger partial charge in [-0.25, -0.2) is 12.8 Å². The molecule has 10 heteroatoms. The van der Waals surface area contributed by atoms with E-state index in [1.54, 1.807) is 0 Å². The van der Waals surface area contributed by atoms with Gasteiger partial charge in [-0.2, -0.15) is 0 Å². The van der Waals surface area contributed by atoms with E-state index < -0.39 is 36.6 Å². The van der Waals surface area contributed by atoms with Crippen molar-refractivity contribution >= 4 is 21.4 Å². The third kappa shape index (κ3) is 3.50. The number of amidine groups is 1. The normalized spacial score (nSPS) is 30.6. The summed E-state index contributed by atoms with van der Waals surface area (Å²) in [6, 6.07) is 3.01. The van der Waals surface area contributed by atoms with Crippen LogP contribution in [-0.2, 0) is 20.1 Å². The van der Waals surface area contributed by atoms with Crippen molar-refractivity contribution in [2.45, 2.75) is 43.4 Å². The van der Waals surface area contributed by atoms with E-state index in [0.717, 1.165) is 31.0 Å². The molecule has 28 heavy (non-hydrogen) atoms. The first kappa shape index (κ1) is 20.7. The lowest BCUT2D eigenvalue weighted by Gasteiger charge is -2.46. The van der Waals surface area contributed by atoms with Crippen molar-refractivity contribution in [1.29, 1.82) is 5.41 Å². The molecular weight excluding hydrogens is 389 g/mol. The third-order valence-corrected chi connectivity index (χ3v) is 8.57. The van der Waals surface area contributed by atoms with E-state index in [-0.39, 0.29) is 29.4 Å². The molecular formula is C18H24FN3O5S. The van der Waals surface area contributed by atoms with Crippen molar-refractivity contribution in [3.05, 3.63) is 39.7 Å². The fraction of sp³-hybridized carbons (Fsp3) is 0.611. The second-order valence-electron chi connectivity index (χ2n) is 8.00. The summed E-state index contributed by atoms with van der Waals surface area (Å²) in [5.74, 6) is -1.30. The summed E-state index contributed by atoms with van der Waals surface area (Å²) in [5, 5.41) is 22.4. The summed E-state index contributed by atoms with van der Waals surface area (Å²) in [4.78, 5) is 10.4. The molecule has 2 aliphatic rings. The summed E-state index contributed by atoms with van der Waals surface area (Å²) < 4.78 is 44.9. The number of non-ortho nitro benzene ring substituents is 1. The largest absolute Gasteiger partial charge is 0.381 e. The van der Waals surface area contributed by atoms with Gasteiger partial charge >= 0.3 is 0 Å². The molecule has 0 bridgehead atoms. The molecule has 2 atom stereocenters. The molecule has 0 saturated carbocycles. The van der Waals surface area contributed by atoms with Crippen LogP contribution < -0.4 is 5.32 Å². The molecule has 2 aliphatic heterocycles. The maximum Gasteiger partial charge on any atom is 0.269 e. The predicted molar refractivity (Wildman–Crippen MR) is 102 cm³/mol. The zero-order valence-corrected chi connectivity index (χ0v) is 16.6. The third-order valence-electron chi connectivity index (χ3n) is 5.87. The molecule has 2 heterocycles. The molecule has 0 unspecified atom stereocenters. The molecule has 0 aliphatic carbocycles. The second-order valence-corrected chi connectivity index (χ2v) is 10.4. The molecule has 0 radical (unpaired) electrons. The number of hydrogen-bond donors (Lipinski definition) is 2. The minimum absolute atomic E-state index is 0.120. The molecule has 0 amide bonds. The van der Waals surface area contributed by atoms with Crippen molar-refractivity contribution in [3.63, 3.8) is 0 Å². The number of rotatable bonds is 4. The molecule has 2 N–H and O–H groups in total. The van der Waals surface area contributed by atoms with Crippen LogP contribution >= 0.6 is 0 Å². The zero-order chi connectivity index (χ0) is 20.7. The highest BCUT2D eigenvalue weighted by Gasteiger charge is 2.54. The maximum absolute atomic E-state index is 14.5. The van der Waals surface area contributed by atoms with E-state index >= 15 is 0 Å². The van der Waals surface area contributed by atoms with Crippen molar-refractivity contribution < 1.29 is 22.5 Å². The van der Waals surface area contributed by atoms with Gasteiger partial charge in [0.25, 0.3) is 5.69 Å². The van der Waals surface area contributed by atoms with Crippen molar-refractivity contribution in [3.8, 4) is 0 Å². The van der Waals surface area contributed by atoms with Gasteiger partial charge in [-0.1, -0.05) is 0 Å². The Hall–Kier alpha value is -2.07. The van der Waals surface area contributed by atoms with E-state index in [1.807, 2.05) is 0 Å².